The van der Waals surface area contributed by atoms with E-state index in [4.69, 9.17) is 0 Å². The lowest BCUT2D eigenvalue weighted by Crippen LogP contribution is -2.34. The monoisotopic (exact) mass is 283 g/mol. The maximum atomic E-state index is 12.1. The van der Waals surface area contributed by atoms with Crippen LogP contribution in [0, 0.1) is 5.92 Å². The zero-order valence-corrected chi connectivity index (χ0v) is 12.1. The van der Waals surface area contributed by atoms with E-state index in [1.54, 1.807) is 6.20 Å². The molecule has 1 saturated heterocycles. The molecule has 0 aliphatic carbocycles. The molecule has 110 valence electrons. The van der Waals surface area contributed by atoms with Crippen molar-refractivity contribution in [1.82, 2.24) is 15.6 Å². The van der Waals surface area contributed by atoms with E-state index in [1.165, 1.54) is 6.42 Å². The number of hydrogen-bond donors (Lipinski definition) is 2. The lowest BCUT2D eigenvalue weighted by atomic mass is 9.96. The van der Waals surface area contributed by atoms with Crippen molar-refractivity contribution in [3.05, 3.63) is 42.1 Å². The van der Waals surface area contributed by atoms with Crippen molar-refractivity contribution in [2.75, 3.05) is 13.1 Å². The van der Waals surface area contributed by atoms with Gasteiger partial charge in [0.05, 0.1) is 5.52 Å². The first-order valence-electron chi connectivity index (χ1n) is 7.63. The fraction of sp³-hybridized carbons (Fsp3) is 0.412. The first kappa shape index (κ1) is 14.0. The number of nitrogens with one attached hydrogen (secondary N) is 2. The van der Waals surface area contributed by atoms with Crippen molar-refractivity contribution in [1.29, 1.82) is 0 Å². The number of hydrogen-bond acceptors (Lipinski definition) is 3. The number of pyridine rings is 1. The summed E-state index contributed by atoms with van der Waals surface area (Å²) in [6.07, 6.45) is 4.73. The zero-order chi connectivity index (χ0) is 14.5. The van der Waals surface area contributed by atoms with Gasteiger partial charge in [0.2, 0.25) is 5.91 Å². The molecule has 1 aromatic carbocycles. The summed E-state index contributed by atoms with van der Waals surface area (Å²) < 4.78 is 0. The Bertz CT molecular complexity index is 615. The molecule has 0 bridgehead atoms. The highest BCUT2D eigenvalue weighted by Crippen LogP contribution is 2.16. The quantitative estimate of drug-likeness (QED) is 0.905. The standard InChI is InChI=1S/C17H21N3O/c21-16(10-13-4-2-8-18-11-13)20-12-15-6-1-5-14-7-3-9-19-17(14)15/h1,3,5-7,9,13,18H,2,4,8,10-12H2,(H,20,21). The van der Waals surface area contributed by atoms with E-state index in [-0.39, 0.29) is 5.91 Å². The van der Waals surface area contributed by atoms with Crippen LogP contribution in [0.5, 0.6) is 0 Å². The Hall–Kier alpha value is -1.94. The zero-order valence-electron chi connectivity index (χ0n) is 12.1. The maximum absolute atomic E-state index is 12.1. The minimum Gasteiger partial charge on any atom is -0.352 e. The Balaban J connectivity index is 1.59. The van der Waals surface area contributed by atoms with Crippen LogP contribution in [0.4, 0.5) is 0 Å². The Morgan fingerprint density at radius 1 is 1.33 bits per heavy atom. The van der Waals surface area contributed by atoms with Crippen LogP contribution in [-0.4, -0.2) is 24.0 Å². The molecular formula is C17H21N3O. The SMILES string of the molecule is O=C(CC1CCCNC1)NCc1cccc2cccnc12. The molecule has 1 amide bonds. The first-order chi connectivity index (χ1) is 10.3. The van der Waals surface area contributed by atoms with Crippen LogP contribution in [0.1, 0.15) is 24.8 Å². The number of benzene rings is 1. The number of nitrogens with zero attached hydrogens (tertiary/aromatic N) is 1. The van der Waals surface area contributed by atoms with Gasteiger partial charge in [0.15, 0.2) is 0 Å². The predicted octanol–water partition coefficient (Wildman–Crippen LogP) is 2.24. The summed E-state index contributed by atoms with van der Waals surface area (Å²) in [6.45, 7) is 2.59. The van der Waals surface area contributed by atoms with E-state index < -0.39 is 0 Å². The molecule has 2 aromatic rings. The molecule has 21 heavy (non-hydrogen) atoms. The minimum absolute atomic E-state index is 0.136. The first-order valence-corrected chi connectivity index (χ1v) is 7.63. The van der Waals surface area contributed by atoms with Crippen LogP contribution in [-0.2, 0) is 11.3 Å². The van der Waals surface area contributed by atoms with Gasteiger partial charge in [-0.3, -0.25) is 9.78 Å². The lowest BCUT2D eigenvalue weighted by molar-refractivity contribution is -0.122. The third-order valence-corrected chi connectivity index (χ3v) is 4.07. The van der Waals surface area contributed by atoms with Gasteiger partial charge in [0.1, 0.15) is 0 Å². The van der Waals surface area contributed by atoms with Crippen LogP contribution in [0.25, 0.3) is 10.9 Å². The van der Waals surface area contributed by atoms with Gasteiger partial charge in [0.25, 0.3) is 0 Å². The van der Waals surface area contributed by atoms with Gasteiger partial charge in [-0.15, -0.1) is 0 Å². The van der Waals surface area contributed by atoms with Crippen molar-refractivity contribution < 1.29 is 4.79 Å². The second-order valence-corrected chi connectivity index (χ2v) is 5.69. The smallest absolute Gasteiger partial charge is 0.220 e. The van der Waals surface area contributed by atoms with Gasteiger partial charge >= 0.3 is 0 Å². The summed E-state index contributed by atoms with van der Waals surface area (Å²) in [4.78, 5) is 16.5. The van der Waals surface area contributed by atoms with Crippen LogP contribution in [0.15, 0.2) is 36.5 Å². The van der Waals surface area contributed by atoms with Crippen molar-refractivity contribution in [2.24, 2.45) is 5.92 Å². The molecule has 1 atom stereocenters. The molecule has 0 spiro atoms. The molecule has 1 fully saturated rings. The van der Waals surface area contributed by atoms with Crippen LogP contribution in [0.3, 0.4) is 0 Å². The van der Waals surface area contributed by atoms with Crippen molar-refractivity contribution in [3.8, 4) is 0 Å². The third-order valence-electron chi connectivity index (χ3n) is 4.07. The summed E-state index contributed by atoms with van der Waals surface area (Å²) in [6, 6.07) is 10.1. The minimum atomic E-state index is 0.136. The third kappa shape index (κ3) is 3.58. The molecule has 1 unspecified atom stereocenters. The van der Waals surface area contributed by atoms with Gasteiger partial charge in [-0.25, -0.2) is 0 Å². The van der Waals surface area contributed by atoms with E-state index in [1.807, 2.05) is 30.3 Å². The molecule has 0 saturated carbocycles. The normalized spacial score (nSPS) is 18.6. The second-order valence-electron chi connectivity index (χ2n) is 5.69. The van der Waals surface area contributed by atoms with Gasteiger partial charge in [-0.05, 0) is 43.5 Å². The Kier molecular flexibility index (Phi) is 4.46. The molecule has 1 aliphatic rings. The van der Waals surface area contributed by atoms with E-state index in [0.717, 1.165) is 36.0 Å². The van der Waals surface area contributed by atoms with Crippen LogP contribution >= 0.6 is 0 Å². The van der Waals surface area contributed by atoms with Gasteiger partial charge in [0, 0.05) is 24.5 Å². The van der Waals surface area contributed by atoms with Gasteiger partial charge < -0.3 is 10.6 Å². The van der Waals surface area contributed by atoms with Crippen molar-refractivity contribution in [3.63, 3.8) is 0 Å². The Morgan fingerprint density at radius 2 is 2.24 bits per heavy atom. The number of amides is 1. The van der Waals surface area contributed by atoms with Crippen LogP contribution in [0.2, 0.25) is 0 Å². The predicted molar refractivity (Wildman–Crippen MR) is 83.8 cm³/mol. The Labute approximate surface area is 125 Å². The average molecular weight is 283 g/mol. The topological polar surface area (TPSA) is 54.0 Å². The number of fused-ring (bicyclic) bond motifs is 1. The fourth-order valence-electron chi connectivity index (χ4n) is 2.94. The summed E-state index contributed by atoms with van der Waals surface area (Å²) in [5.41, 5.74) is 2.04. The number of carbonyl (C=O) groups is 1. The fourth-order valence-corrected chi connectivity index (χ4v) is 2.94. The molecule has 1 aromatic heterocycles. The van der Waals surface area contributed by atoms with E-state index in [2.05, 4.69) is 15.6 Å². The van der Waals surface area contributed by atoms with Crippen LogP contribution < -0.4 is 10.6 Å². The largest absolute Gasteiger partial charge is 0.352 e. The highest BCUT2D eigenvalue weighted by Gasteiger charge is 2.16. The molecule has 2 N–H and O–H groups in total. The van der Waals surface area contributed by atoms with Gasteiger partial charge in [-0.2, -0.15) is 0 Å². The maximum Gasteiger partial charge on any atom is 0.220 e. The number of aromatic nitrogens is 1. The summed E-state index contributed by atoms with van der Waals surface area (Å²) >= 11 is 0. The molecule has 1 aliphatic heterocycles. The van der Waals surface area contributed by atoms with Crippen molar-refractivity contribution >= 4 is 16.8 Å². The Morgan fingerprint density at radius 3 is 3.10 bits per heavy atom. The molecule has 2 heterocycles. The van der Waals surface area contributed by atoms with E-state index in [9.17, 15) is 4.79 Å². The summed E-state index contributed by atoms with van der Waals surface area (Å²) in [5.74, 6) is 0.612. The highest BCUT2D eigenvalue weighted by molar-refractivity contribution is 5.82. The lowest BCUT2D eigenvalue weighted by Gasteiger charge is -2.22. The number of rotatable bonds is 4. The number of piperidine rings is 1. The number of carbonyl (C=O) groups excluding carboxylic acids is 1. The van der Waals surface area contributed by atoms with E-state index >= 15 is 0 Å². The van der Waals surface area contributed by atoms with Gasteiger partial charge in [-0.1, -0.05) is 24.3 Å². The second kappa shape index (κ2) is 6.68. The average Bonchev–Trinajstić information content (AvgIpc) is 2.54. The summed E-state index contributed by atoms with van der Waals surface area (Å²) in [5, 5.41) is 7.49. The molecule has 0 radical (unpaired) electrons. The molecule has 4 heteroatoms. The summed E-state index contributed by atoms with van der Waals surface area (Å²) in [7, 11) is 0. The molecule has 3 rings (SSSR count). The highest BCUT2D eigenvalue weighted by atomic mass is 16.1. The number of para-hydroxylation sites is 1. The molecular weight excluding hydrogens is 262 g/mol. The molecule has 4 nitrogen and oxygen atoms in total. The van der Waals surface area contributed by atoms with Crippen molar-refractivity contribution in [2.45, 2.75) is 25.8 Å². The van der Waals surface area contributed by atoms with E-state index in [0.29, 0.717) is 18.9 Å².